The molecule has 1 saturated heterocycles. The van der Waals surface area contributed by atoms with Gasteiger partial charge < -0.3 is 10.1 Å². The van der Waals surface area contributed by atoms with Crippen LogP contribution >= 0.6 is 11.3 Å². The number of carbonyl (C=O) groups is 1. The molecule has 4 heteroatoms. The SMILES string of the molecule is Cc1ccc(CNC(=O)CC[C@@H]2CCCO2)s1. The molecule has 1 amide bonds. The molecule has 1 aromatic rings. The topological polar surface area (TPSA) is 38.3 Å². The third kappa shape index (κ3) is 4.13. The summed E-state index contributed by atoms with van der Waals surface area (Å²) in [6.45, 7) is 3.59. The van der Waals surface area contributed by atoms with Crippen LogP contribution in [0.5, 0.6) is 0 Å². The van der Waals surface area contributed by atoms with Gasteiger partial charge in [0.1, 0.15) is 0 Å². The van der Waals surface area contributed by atoms with Crippen molar-refractivity contribution in [1.29, 1.82) is 0 Å². The molecule has 1 atom stereocenters. The summed E-state index contributed by atoms with van der Waals surface area (Å²) in [6, 6.07) is 4.15. The van der Waals surface area contributed by atoms with E-state index in [0.717, 1.165) is 25.9 Å². The Kier molecular flexibility index (Phi) is 4.57. The molecular weight excluding hydrogens is 234 g/mol. The molecule has 1 aliphatic heterocycles. The van der Waals surface area contributed by atoms with Crippen molar-refractivity contribution in [3.63, 3.8) is 0 Å². The second-order valence-corrected chi connectivity index (χ2v) is 5.84. The molecule has 0 saturated carbocycles. The predicted octanol–water partition coefficient (Wildman–Crippen LogP) is 2.63. The van der Waals surface area contributed by atoms with Gasteiger partial charge in [-0.3, -0.25) is 4.79 Å². The minimum atomic E-state index is 0.131. The maximum Gasteiger partial charge on any atom is 0.220 e. The molecule has 3 nitrogen and oxygen atoms in total. The zero-order chi connectivity index (χ0) is 12.1. The van der Waals surface area contributed by atoms with E-state index in [1.807, 2.05) is 0 Å². The average molecular weight is 253 g/mol. The van der Waals surface area contributed by atoms with E-state index in [0.29, 0.717) is 19.1 Å². The Labute approximate surface area is 106 Å². The van der Waals surface area contributed by atoms with Gasteiger partial charge in [-0.1, -0.05) is 0 Å². The number of carbonyl (C=O) groups excluding carboxylic acids is 1. The van der Waals surface area contributed by atoms with E-state index in [-0.39, 0.29) is 5.91 Å². The van der Waals surface area contributed by atoms with Crippen molar-refractivity contribution in [2.24, 2.45) is 0 Å². The van der Waals surface area contributed by atoms with Gasteiger partial charge in [-0.05, 0) is 38.3 Å². The first-order valence-electron chi connectivity index (χ1n) is 6.17. The molecule has 1 N–H and O–H groups in total. The van der Waals surface area contributed by atoms with Gasteiger partial charge in [0.25, 0.3) is 0 Å². The van der Waals surface area contributed by atoms with Crippen LogP contribution in [0.3, 0.4) is 0 Å². The fourth-order valence-corrected chi connectivity index (χ4v) is 2.85. The van der Waals surface area contributed by atoms with E-state index in [1.54, 1.807) is 11.3 Å². The van der Waals surface area contributed by atoms with Gasteiger partial charge in [-0.15, -0.1) is 11.3 Å². The lowest BCUT2D eigenvalue weighted by molar-refractivity contribution is -0.121. The Hall–Kier alpha value is -0.870. The molecule has 2 heterocycles. The van der Waals surface area contributed by atoms with Crippen LogP contribution in [0.2, 0.25) is 0 Å². The Balaban J connectivity index is 1.63. The van der Waals surface area contributed by atoms with Gasteiger partial charge in [0.05, 0.1) is 12.6 Å². The number of hydrogen-bond acceptors (Lipinski definition) is 3. The fraction of sp³-hybridized carbons (Fsp3) is 0.615. The standard InChI is InChI=1S/C13H19NO2S/c1-10-4-6-12(17-10)9-14-13(15)7-5-11-3-2-8-16-11/h4,6,11H,2-3,5,7-9H2,1H3,(H,14,15)/t11-/m0/s1. The molecule has 0 bridgehead atoms. The molecule has 0 unspecified atom stereocenters. The fourth-order valence-electron chi connectivity index (χ4n) is 2.02. The van der Waals surface area contributed by atoms with Crippen molar-refractivity contribution >= 4 is 17.2 Å². The van der Waals surface area contributed by atoms with E-state index in [1.165, 1.54) is 9.75 Å². The van der Waals surface area contributed by atoms with Gasteiger partial charge in [0.15, 0.2) is 0 Å². The van der Waals surface area contributed by atoms with Crippen LogP contribution in [0.4, 0.5) is 0 Å². The summed E-state index contributed by atoms with van der Waals surface area (Å²) in [7, 11) is 0. The number of hydrogen-bond donors (Lipinski definition) is 1. The van der Waals surface area contributed by atoms with Crippen molar-refractivity contribution < 1.29 is 9.53 Å². The van der Waals surface area contributed by atoms with Crippen molar-refractivity contribution in [2.75, 3.05) is 6.61 Å². The Morgan fingerprint density at radius 1 is 1.59 bits per heavy atom. The summed E-state index contributed by atoms with van der Waals surface area (Å²) in [6.07, 6.45) is 3.99. The van der Waals surface area contributed by atoms with Crippen LogP contribution in [-0.2, 0) is 16.1 Å². The summed E-state index contributed by atoms with van der Waals surface area (Å²) in [5, 5.41) is 2.95. The second kappa shape index (κ2) is 6.17. The molecule has 0 aromatic carbocycles. The summed E-state index contributed by atoms with van der Waals surface area (Å²) in [5.74, 6) is 0.131. The maximum atomic E-state index is 11.6. The van der Waals surface area contributed by atoms with Gasteiger partial charge in [-0.2, -0.15) is 0 Å². The Morgan fingerprint density at radius 3 is 3.12 bits per heavy atom. The zero-order valence-electron chi connectivity index (χ0n) is 10.2. The maximum absolute atomic E-state index is 11.6. The second-order valence-electron chi connectivity index (χ2n) is 4.46. The lowest BCUT2D eigenvalue weighted by Gasteiger charge is -2.08. The van der Waals surface area contributed by atoms with E-state index in [4.69, 9.17) is 4.74 Å². The lowest BCUT2D eigenvalue weighted by atomic mass is 10.1. The van der Waals surface area contributed by atoms with Crippen LogP contribution in [0.15, 0.2) is 12.1 Å². The smallest absolute Gasteiger partial charge is 0.220 e. The van der Waals surface area contributed by atoms with Crippen molar-refractivity contribution in [2.45, 2.75) is 45.3 Å². The van der Waals surface area contributed by atoms with E-state index < -0.39 is 0 Å². The van der Waals surface area contributed by atoms with Crippen LogP contribution < -0.4 is 5.32 Å². The molecule has 0 spiro atoms. The highest BCUT2D eigenvalue weighted by molar-refractivity contribution is 7.11. The number of thiophene rings is 1. The molecule has 1 fully saturated rings. The minimum Gasteiger partial charge on any atom is -0.378 e. The molecule has 17 heavy (non-hydrogen) atoms. The highest BCUT2D eigenvalue weighted by Crippen LogP contribution is 2.17. The lowest BCUT2D eigenvalue weighted by Crippen LogP contribution is -2.23. The molecule has 0 aliphatic carbocycles. The molecule has 1 aliphatic rings. The minimum absolute atomic E-state index is 0.131. The number of ether oxygens (including phenoxy) is 1. The van der Waals surface area contributed by atoms with Crippen molar-refractivity contribution in [3.05, 3.63) is 21.9 Å². The van der Waals surface area contributed by atoms with Crippen LogP contribution in [0.1, 0.15) is 35.4 Å². The Morgan fingerprint density at radius 2 is 2.47 bits per heavy atom. The third-order valence-electron chi connectivity index (χ3n) is 2.97. The van der Waals surface area contributed by atoms with Crippen LogP contribution in [0.25, 0.3) is 0 Å². The summed E-state index contributed by atoms with van der Waals surface area (Å²) < 4.78 is 5.49. The summed E-state index contributed by atoms with van der Waals surface area (Å²) in [4.78, 5) is 14.1. The van der Waals surface area contributed by atoms with Crippen LogP contribution in [0, 0.1) is 6.92 Å². The van der Waals surface area contributed by atoms with Gasteiger partial charge in [0.2, 0.25) is 5.91 Å². The molecule has 2 rings (SSSR count). The van der Waals surface area contributed by atoms with E-state index in [9.17, 15) is 4.79 Å². The van der Waals surface area contributed by atoms with Gasteiger partial charge in [-0.25, -0.2) is 0 Å². The highest BCUT2D eigenvalue weighted by atomic mass is 32.1. The first kappa shape index (κ1) is 12.6. The number of rotatable bonds is 5. The van der Waals surface area contributed by atoms with E-state index in [2.05, 4.69) is 24.4 Å². The Bertz CT molecular complexity index is 369. The average Bonchev–Trinajstić information content (AvgIpc) is 2.95. The van der Waals surface area contributed by atoms with E-state index >= 15 is 0 Å². The zero-order valence-corrected chi connectivity index (χ0v) is 11.0. The highest BCUT2D eigenvalue weighted by Gasteiger charge is 2.16. The van der Waals surface area contributed by atoms with Gasteiger partial charge >= 0.3 is 0 Å². The summed E-state index contributed by atoms with van der Waals surface area (Å²) in [5.41, 5.74) is 0. The molecule has 94 valence electrons. The number of amides is 1. The first-order chi connectivity index (χ1) is 8.24. The van der Waals surface area contributed by atoms with Crippen LogP contribution in [-0.4, -0.2) is 18.6 Å². The largest absolute Gasteiger partial charge is 0.378 e. The molecule has 0 radical (unpaired) electrons. The monoisotopic (exact) mass is 253 g/mol. The molecule has 1 aromatic heterocycles. The van der Waals surface area contributed by atoms with Gasteiger partial charge in [0, 0.05) is 22.8 Å². The number of aryl methyl sites for hydroxylation is 1. The predicted molar refractivity (Wildman–Crippen MR) is 69.1 cm³/mol. The quantitative estimate of drug-likeness (QED) is 0.876. The summed E-state index contributed by atoms with van der Waals surface area (Å²) >= 11 is 1.73. The third-order valence-corrected chi connectivity index (χ3v) is 3.97. The molecular formula is C13H19NO2S. The number of nitrogens with one attached hydrogen (secondary N) is 1. The van der Waals surface area contributed by atoms with Crippen molar-refractivity contribution in [3.8, 4) is 0 Å². The normalized spacial score (nSPS) is 19.5. The van der Waals surface area contributed by atoms with Crippen molar-refractivity contribution in [1.82, 2.24) is 5.32 Å². The first-order valence-corrected chi connectivity index (χ1v) is 6.99.